The van der Waals surface area contributed by atoms with Gasteiger partial charge in [0.25, 0.3) is 0 Å². The zero-order valence-corrected chi connectivity index (χ0v) is 11.8. The largest absolute Gasteiger partial charge is 0.469 e. The number of benzene rings is 2. The minimum Gasteiger partial charge on any atom is -0.469 e. The van der Waals surface area contributed by atoms with Crippen molar-refractivity contribution in [3.8, 4) is 0 Å². The number of carbonyl (C=O) groups is 2. The van der Waals surface area contributed by atoms with Crippen molar-refractivity contribution in [2.45, 2.75) is 26.2 Å². The maximum Gasteiger partial charge on any atom is 0.305 e. The number of esters is 1. The Morgan fingerprint density at radius 1 is 1.05 bits per heavy atom. The van der Waals surface area contributed by atoms with Crippen LogP contribution in [0.15, 0.2) is 36.4 Å². The van der Waals surface area contributed by atoms with Crippen molar-refractivity contribution in [2.75, 3.05) is 7.11 Å². The van der Waals surface area contributed by atoms with Crippen LogP contribution < -0.4 is 0 Å². The van der Waals surface area contributed by atoms with E-state index in [-0.39, 0.29) is 18.2 Å². The summed E-state index contributed by atoms with van der Waals surface area (Å²) < 4.78 is 4.58. The Morgan fingerprint density at radius 2 is 1.80 bits per heavy atom. The lowest BCUT2D eigenvalue weighted by atomic mass is 9.94. The predicted octanol–water partition coefficient (Wildman–Crippen LogP) is 3.67. The quantitative estimate of drug-likeness (QED) is 0.615. The molecule has 3 nitrogen and oxygen atoms in total. The Hall–Kier alpha value is -2.16. The molecule has 0 heterocycles. The number of aryl methyl sites for hydroxylation is 1. The maximum absolute atomic E-state index is 12.4. The Morgan fingerprint density at radius 3 is 2.55 bits per heavy atom. The maximum atomic E-state index is 12.4. The van der Waals surface area contributed by atoms with Gasteiger partial charge in [-0.3, -0.25) is 9.59 Å². The van der Waals surface area contributed by atoms with Crippen molar-refractivity contribution in [3.63, 3.8) is 0 Å². The summed E-state index contributed by atoms with van der Waals surface area (Å²) in [5.74, 6) is -0.185. The van der Waals surface area contributed by atoms with E-state index in [0.717, 1.165) is 21.9 Å². The standard InChI is InChI=1S/C17H18O3/c1-12-10-11-13-6-3-4-7-14(13)17(12)15(18)8-5-9-16(19)20-2/h3-4,6-7,10-11H,5,8-9H2,1-2H3. The molecule has 0 spiro atoms. The Labute approximate surface area is 118 Å². The third-order valence-electron chi connectivity index (χ3n) is 3.43. The first-order valence-electron chi connectivity index (χ1n) is 6.72. The zero-order chi connectivity index (χ0) is 14.5. The number of ketones is 1. The molecular weight excluding hydrogens is 252 g/mol. The molecule has 2 aromatic rings. The topological polar surface area (TPSA) is 43.4 Å². The molecule has 2 rings (SSSR count). The molecular formula is C17H18O3. The van der Waals surface area contributed by atoms with E-state index >= 15 is 0 Å². The third-order valence-corrected chi connectivity index (χ3v) is 3.43. The van der Waals surface area contributed by atoms with E-state index < -0.39 is 0 Å². The summed E-state index contributed by atoms with van der Waals surface area (Å²) in [6, 6.07) is 11.9. The average Bonchev–Trinajstić information content (AvgIpc) is 2.46. The van der Waals surface area contributed by atoms with E-state index in [1.807, 2.05) is 43.3 Å². The minimum absolute atomic E-state index is 0.0863. The van der Waals surface area contributed by atoms with Crippen LogP contribution in [0, 0.1) is 6.92 Å². The van der Waals surface area contributed by atoms with Gasteiger partial charge in [0.2, 0.25) is 0 Å². The van der Waals surface area contributed by atoms with Gasteiger partial charge in [-0.2, -0.15) is 0 Å². The van der Waals surface area contributed by atoms with Crippen molar-refractivity contribution in [1.82, 2.24) is 0 Å². The normalized spacial score (nSPS) is 10.5. The Bertz CT molecular complexity index is 644. The minimum atomic E-state index is -0.271. The SMILES string of the molecule is COC(=O)CCCC(=O)c1c(C)ccc2ccccc12. The van der Waals surface area contributed by atoms with Crippen LogP contribution in [-0.2, 0) is 9.53 Å². The van der Waals surface area contributed by atoms with Crippen molar-refractivity contribution < 1.29 is 14.3 Å². The van der Waals surface area contributed by atoms with Gasteiger partial charge >= 0.3 is 5.97 Å². The summed E-state index contributed by atoms with van der Waals surface area (Å²) in [5, 5.41) is 2.05. The van der Waals surface area contributed by atoms with Gasteiger partial charge in [0.1, 0.15) is 0 Å². The van der Waals surface area contributed by atoms with E-state index in [2.05, 4.69) is 4.74 Å². The first kappa shape index (κ1) is 14.3. The molecule has 0 fully saturated rings. The van der Waals surface area contributed by atoms with Crippen LogP contribution in [0.25, 0.3) is 10.8 Å². The molecule has 0 radical (unpaired) electrons. The molecule has 0 aliphatic rings. The first-order valence-corrected chi connectivity index (χ1v) is 6.72. The number of carbonyl (C=O) groups excluding carboxylic acids is 2. The molecule has 0 aromatic heterocycles. The lowest BCUT2D eigenvalue weighted by Crippen LogP contribution is -2.05. The molecule has 0 bridgehead atoms. The lowest BCUT2D eigenvalue weighted by Gasteiger charge is -2.09. The molecule has 2 aromatic carbocycles. The fourth-order valence-electron chi connectivity index (χ4n) is 2.37. The Balaban J connectivity index is 2.21. The molecule has 0 unspecified atom stereocenters. The highest BCUT2D eigenvalue weighted by molar-refractivity contribution is 6.09. The smallest absolute Gasteiger partial charge is 0.305 e. The van der Waals surface area contributed by atoms with E-state index in [0.29, 0.717) is 12.8 Å². The second-order valence-corrected chi connectivity index (χ2v) is 4.83. The molecule has 0 saturated carbocycles. The molecule has 0 N–H and O–H groups in total. The van der Waals surface area contributed by atoms with Gasteiger partial charge in [0.05, 0.1) is 7.11 Å². The highest BCUT2D eigenvalue weighted by Crippen LogP contribution is 2.24. The molecule has 0 atom stereocenters. The summed E-state index contributed by atoms with van der Waals surface area (Å²) in [4.78, 5) is 23.5. The zero-order valence-electron chi connectivity index (χ0n) is 11.8. The van der Waals surface area contributed by atoms with Crippen LogP contribution >= 0.6 is 0 Å². The number of fused-ring (bicyclic) bond motifs is 1. The van der Waals surface area contributed by atoms with Gasteiger partial charge in [0.15, 0.2) is 5.78 Å². The number of ether oxygens (including phenoxy) is 1. The predicted molar refractivity (Wildman–Crippen MR) is 78.9 cm³/mol. The van der Waals surface area contributed by atoms with E-state index in [1.54, 1.807) is 0 Å². The summed E-state index contributed by atoms with van der Waals surface area (Å²) in [5.41, 5.74) is 1.75. The van der Waals surface area contributed by atoms with E-state index in [9.17, 15) is 9.59 Å². The number of hydrogen-bond acceptors (Lipinski definition) is 3. The van der Waals surface area contributed by atoms with Crippen LogP contribution in [0.2, 0.25) is 0 Å². The number of rotatable bonds is 5. The van der Waals surface area contributed by atoms with Gasteiger partial charge in [-0.15, -0.1) is 0 Å². The van der Waals surface area contributed by atoms with Gasteiger partial charge < -0.3 is 4.74 Å². The van der Waals surface area contributed by atoms with Crippen LogP contribution in [-0.4, -0.2) is 18.9 Å². The highest BCUT2D eigenvalue weighted by Gasteiger charge is 2.13. The lowest BCUT2D eigenvalue weighted by molar-refractivity contribution is -0.140. The van der Waals surface area contributed by atoms with Crippen molar-refractivity contribution in [2.24, 2.45) is 0 Å². The van der Waals surface area contributed by atoms with Gasteiger partial charge in [-0.1, -0.05) is 36.4 Å². The van der Waals surface area contributed by atoms with Crippen molar-refractivity contribution in [1.29, 1.82) is 0 Å². The monoisotopic (exact) mass is 270 g/mol. The van der Waals surface area contributed by atoms with Gasteiger partial charge in [-0.05, 0) is 29.7 Å². The molecule has 0 amide bonds. The van der Waals surface area contributed by atoms with Crippen LogP contribution in [0.5, 0.6) is 0 Å². The van der Waals surface area contributed by atoms with Crippen molar-refractivity contribution >= 4 is 22.5 Å². The molecule has 0 aliphatic carbocycles. The average molecular weight is 270 g/mol. The summed E-state index contributed by atoms with van der Waals surface area (Å²) in [6.45, 7) is 1.94. The highest BCUT2D eigenvalue weighted by atomic mass is 16.5. The van der Waals surface area contributed by atoms with Gasteiger partial charge in [-0.25, -0.2) is 0 Å². The van der Waals surface area contributed by atoms with E-state index in [4.69, 9.17) is 0 Å². The second-order valence-electron chi connectivity index (χ2n) is 4.83. The molecule has 20 heavy (non-hydrogen) atoms. The summed E-state index contributed by atoms with van der Waals surface area (Å²) >= 11 is 0. The molecule has 0 saturated heterocycles. The Kier molecular flexibility index (Phi) is 4.51. The molecule has 3 heteroatoms. The second kappa shape index (κ2) is 6.33. The fraction of sp³-hybridized carbons (Fsp3) is 0.294. The summed E-state index contributed by atoms with van der Waals surface area (Å²) in [7, 11) is 1.36. The number of Topliss-reactive ketones (excluding diaryl/α,β-unsaturated/α-hetero) is 1. The van der Waals surface area contributed by atoms with Crippen LogP contribution in [0.3, 0.4) is 0 Å². The van der Waals surface area contributed by atoms with E-state index in [1.165, 1.54) is 7.11 Å². The fourth-order valence-corrected chi connectivity index (χ4v) is 2.37. The number of hydrogen-bond donors (Lipinski definition) is 0. The number of methoxy groups -OCH3 is 1. The van der Waals surface area contributed by atoms with Crippen LogP contribution in [0.1, 0.15) is 35.2 Å². The van der Waals surface area contributed by atoms with Gasteiger partial charge in [0, 0.05) is 18.4 Å². The third kappa shape index (κ3) is 3.05. The van der Waals surface area contributed by atoms with Crippen LogP contribution in [0.4, 0.5) is 0 Å². The first-order chi connectivity index (χ1) is 9.63. The molecule has 104 valence electrons. The summed E-state index contributed by atoms with van der Waals surface area (Å²) in [6.07, 6.45) is 1.17. The molecule has 0 aliphatic heterocycles. The van der Waals surface area contributed by atoms with Crippen molar-refractivity contribution in [3.05, 3.63) is 47.5 Å².